The second kappa shape index (κ2) is 12.5. The number of hydrogen-bond acceptors (Lipinski definition) is 7. The van der Waals surface area contributed by atoms with Crippen LogP contribution < -0.4 is 15.0 Å². The van der Waals surface area contributed by atoms with Crippen LogP contribution in [-0.4, -0.2) is 27.9 Å². The van der Waals surface area contributed by atoms with Crippen LogP contribution in [0.15, 0.2) is 69.0 Å². The summed E-state index contributed by atoms with van der Waals surface area (Å²) in [6, 6.07) is 15.5. The minimum absolute atomic E-state index is 0.0274. The Morgan fingerprint density at radius 1 is 1.15 bits per heavy atom. The Morgan fingerprint density at radius 3 is 2.60 bits per heavy atom. The van der Waals surface area contributed by atoms with Crippen molar-refractivity contribution in [1.29, 1.82) is 0 Å². The summed E-state index contributed by atoms with van der Waals surface area (Å²) in [5, 5.41) is 16.1. The summed E-state index contributed by atoms with van der Waals surface area (Å²) in [6.45, 7) is 0.219. The SMILES string of the molecule is COc1cc(C=Nn2c(C3CCCCC3)nc3ccc(Br)cc3c2=O)cc(I)c1OCc1ccc([N+](=O)[O-])cc1. The highest BCUT2D eigenvalue weighted by atomic mass is 127. The Balaban J connectivity index is 1.46. The first-order valence-corrected chi connectivity index (χ1v) is 14.7. The van der Waals surface area contributed by atoms with E-state index < -0.39 is 4.92 Å². The van der Waals surface area contributed by atoms with Gasteiger partial charge in [-0.15, -0.1) is 0 Å². The van der Waals surface area contributed by atoms with E-state index in [9.17, 15) is 14.9 Å². The highest BCUT2D eigenvalue weighted by Crippen LogP contribution is 2.35. The van der Waals surface area contributed by atoms with E-state index in [0.717, 1.165) is 44.9 Å². The molecule has 1 aromatic heterocycles. The van der Waals surface area contributed by atoms with Crippen LogP contribution in [0.1, 0.15) is 55.0 Å². The lowest BCUT2D eigenvalue weighted by atomic mass is 9.88. The minimum atomic E-state index is -0.435. The maximum Gasteiger partial charge on any atom is 0.282 e. The van der Waals surface area contributed by atoms with Crippen molar-refractivity contribution in [3.8, 4) is 11.5 Å². The molecule has 1 saturated carbocycles. The van der Waals surface area contributed by atoms with Gasteiger partial charge in [0.05, 0.1) is 32.7 Å². The van der Waals surface area contributed by atoms with Gasteiger partial charge in [-0.3, -0.25) is 14.9 Å². The maximum absolute atomic E-state index is 13.6. The van der Waals surface area contributed by atoms with Gasteiger partial charge >= 0.3 is 0 Å². The van der Waals surface area contributed by atoms with E-state index in [1.165, 1.54) is 23.2 Å². The van der Waals surface area contributed by atoms with Gasteiger partial charge < -0.3 is 9.47 Å². The summed E-state index contributed by atoms with van der Waals surface area (Å²) in [5.41, 5.74) is 2.03. The van der Waals surface area contributed by atoms with Gasteiger partial charge in [-0.25, -0.2) is 4.98 Å². The number of nitro groups is 1. The molecule has 0 radical (unpaired) electrons. The van der Waals surface area contributed by atoms with Gasteiger partial charge in [0.25, 0.3) is 11.2 Å². The first-order valence-electron chi connectivity index (χ1n) is 12.8. The second-order valence-corrected chi connectivity index (χ2v) is 11.7. The third kappa shape index (κ3) is 6.20. The molecule has 1 aliphatic carbocycles. The van der Waals surface area contributed by atoms with E-state index in [2.05, 4.69) is 43.6 Å². The highest BCUT2D eigenvalue weighted by Gasteiger charge is 2.22. The molecule has 1 fully saturated rings. The molecule has 0 saturated heterocycles. The van der Waals surface area contributed by atoms with Crippen molar-refractivity contribution in [2.75, 3.05) is 7.11 Å². The molecular weight excluding hydrogens is 691 g/mol. The number of rotatable bonds is 8. The van der Waals surface area contributed by atoms with E-state index in [-0.39, 0.29) is 23.8 Å². The molecular formula is C29H26BrIN4O5. The Labute approximate surface area is 252 Å². The molecule has 0 bridgehead atoms. The number of halogens is 2. The largest absolute Gasteiger partial charge is 0.493 e. The molecule has 40 heavy (non-hydrogen) atoms. The third-order valence-electron chi connectivity index (χ3n) is 6.91. The zero-order chi connectivity index (χ0) is 28.2. The van der Waals surface area contributed by atoms with Crippen molar-refractivity contribution in [2.24, 2.45) is 5.10 Å². The smallest absolute Gasteiger partial charge is 0.282 e. The Bertz CT molecular complexity index is 1650. The van der Waals surface area contributed by atoms with Crippen molar-refractivity contribution in [3.05, 3.63) is 100 Å². The quantitative estimate of drug-likeness (QED) is 0.0827. The van der Waals surface area contributed by atoms with Crippen LogP contribution in [0.2, 0.25) is 0 Å². The predicted molar refractivity (Wildman–Crippen MR) is 166 cm³/mol. The molecule has 0 atom stereocenters. The minimum Gasteiger partial charge on any atom is -0.493 e. The van der Waals surface area contributed by atoms with Crippen molar-refractivity contribution in [3.63, 3.8) is 0 Å². The monoisotopic (exact) mass is 716 g/mol. The lowest BCUT2D eigenvalue weighted by Gasteiger charge is -2.22. The van der Waals surface area contributed by atoms with Gasteiger partial charge in [0.2, 0.25) is 0 Å². The number of fused-ring (bicyclic) bond motifs is 1. The first kappa shape index (κ1) is 28.2. The van der Waals surface area contributed by atoms with Crippen LogP contribution in [0.4, 0.5) is 5.69 Å². The molecule has 5 rings (SSSR count). The molecule has 9 nitrogen and oxygen atoms in total. The van der Waals surface area contributed by atoms with E-state index in [1.54, 1.807) is 37.6 Å². The molecule has 0 unspecified atom stereocenters. The average Bonchev–Trinajstić information content (AvgIpc) is 2.96. The molecule has 0 N–H and O–H groups in total. The summed E-state index contributed by atoms with van der Waals surface area (Å²) in [6.07, 6.45) is 7.02. The molecule has 206 valence electrons. The highest BCUT2D eigenvalue weighted by molar-refractivity contribution is 14.1. The zero-order valence-electron chi connectivity index (χ0n) is 21.7. The van der Waals surface area contributed by atoms with Gasteiger partial charge in [-0.2, -0.15) is 9.78 Å². The van der Waals surface area contributed by atoms with Gasteiger partial charge in [0, 0.05) is 22.5 Å². The molecule has 0 spiro atoms. The molecule has 3 aromatic carbocycles. The predicted octanol–water partition coefficient (Wildman–Crippen LogP) is 7.19. The number of non-ortho nitro benzene ring substituents is 1. The fourth-order valence-electron chi connectivity index (χ4n) is 4.85. The van der Waals surface area contributed by atoms with Crippen LogP contribution in [0.25, 0.3) is 10.9 Å². The van der Waals surface area contributed by atoms with Crippen molar-refractivity contribution in [2.45, 2.75) is 44.6 Å². The zero-order valence-corrected chi connectivity index (χ0v) is 25.4. The van der Waals surface area contributed by atoms with Crippen LogP contribution in [0, 0.1) is 13.7 Å². The number of ether oxygens (including phenoxy) is 2. The third-order valence-corrected chi connectivity index (χ3v) is 8.20. The summed E-state index contributed by atoms with van der Waals surface area (Å²) in [7, 11) is 1.56. The van der Waals surface area contributed by atoms with Crippen LogP contribution in [0.5, 0.6) is 11.5 Å². The van der Waals surface area contributed by atoms with Gasteiger partial charge in [0.15, 0.2) is 11.5 Å². The fraction of sp³-hybridized carbons (Fsp3) is 0.276. The second-order valence-electron chi connectivity index (χ2n) is 9.57. The summed E-state index contributed by atoms with van der Waals surface area (Å²) >= 11 is 5.63. The molecule has 1 heterocycles. The molecule has 11 heteroatoms. The lowest BCUT2D eigenvalue weighted by molar-refractivity contribution is -0.384. The van der Waals surface area contributed by atoms with Gasteiger partial charge in [-0.1, -0.05) is 35.2 Å². The van der Waals surface area contributed by atoms with E-state index in [1.807, 2.05) is 18.2 Å². The number of nitro benzene ring substituents is 1. The maximum atomic E-state index is 13.6. The van der Waals surface area contributed by atoms with Gasteiger partial charge in [-0.05, 0) is 89.0 Å². The summed E-state index contributed by atoms with van der Waals surface area (Å²) in [4.78, 5) is 29.0. The topological polar surface area (TPSA) is 109 Å². The van der Waals surface area contributed by atoms with Crippen LogP contribution in [-0.2, 0) is 6.61 Å². The average molecular weight is 717 g/mol. The number of aromatic nitrogens is 2. The van der Waals surface area contributed by atoms with Crippen molar-refractivity contribution >= 4 is 61.3 Å². The summed E-state index contributed by atoms with van der Waals surface area (Å²) < 4.78 is 14.7. The Kier molecular flexibility index (Phi) is 8.79. The van der Waals surface area contributed by atoms with Crippen molar-refractivity contribution in [1.82, 2.24) is 9.66 Å². The number of nitrogens with zero attached hydrogens (tertiary/aromatic N) is 4. The number of hydrogen-bond donors (Lipinski definition) is 0. The first-order chi connectivity index (χ1) is 19.3. The van der Waals surface area contributed by atoms with Crippen LogP contribution in [0.3, 0.4) is 0 Å². The Morgan fingerprint density at radius 2 is 1.90 bits per heavy atom. The van der Waals surface area contributed by atoms with E-state index in [0.29, 0.717) is 28.2 Å². The molecule has 1 aliphatic rings. The van der Waals surface area contributed by atoms with Crippen molar-refractivity contribution < 1.29 is 14.4 Å². The van der Waals surface area contributed by atoms with E-state index >= 15 is 0 Å². The summed E-state index contributed by atoms with van der Waals surface area (Å²) in [5.74, 6) is 1.93. The lowest BCUT2D eigenvalue weighted by Crippen LogP contribution is -2.25. The van der Waals surface area contributed by atoms with Crippen LogP contribution >= 0.6 is 38.5 Å². The van der Waals surface area contributed by atoms with E-state index in [4.69, 9.17) is 14.5 Å². The fourth-order valence-corrected chi connectivity index (χ4v) is 5.99. The molecule has 4 aromatic rings. The number of methoxy groups -OCH3 is 1. The van der Waals surface area contributed by atoms with Gasteiger partial charge in [0.1, 0.15) is 12.4 Å². The number of benzene rings is 3. The molecule has 0 aliphatic heterocycles. The Hall–Kier alpha value is -3.32. The molecule has 0 amide bonds. The normalized spacial score (nSPS) is 14.1. The standard InChI is InChI=1S/C29H26BrIN4O5/c1-39-26-14-19(13-24(31)27(26)40-17-18-7-10-22(11-8-18)35(37)38)16-32-34-28(20-5-3-2-4-6-20)33-25-12-9-21(30)15-23(25)29(34)36/h7-16,20H,2-6,17H2,1H3.